The second kappa shape index (κ2) is 8.30. The zero-order valence-electron chi connectivity index (χ0n) is 18.0. The molecule has 3 aromatic carbocycles. The molecular weight excluding hydrogens is 442 g/mol. The SMILES string of the molecule is CCOc1ccc(C2c3c(oc4ccc(Cl)cc4c3=O)C(=O)N2c2ccccc2)cc1OC. The van der Waals surface area contributed by atoms with Crippen LogP contribution in [0.1, 0.15) is 34.6 Å². The van der Waals surface area contributed by atoms with Crippen LogP contribution in [0, 0.1) is 0 Å². The molecule has 1 amide bonds. The van der Waals surface area contributed by atoms with E-state index in [-0.39, 0.29) is 22.7 Å². The first-order valence-electron chi connectivity index (χ1n) is 10.5. The zero-order chi connectivity index (χ0) is 23.1. The van der Waals surface area contributed by atoms with E-state index in [1.54, 1.807) is 42.3 Å². The number of halogens is 1. The summed E-state index contributed by atoms with van der Waals surface area (Å²) < 4.78 is 17.1. The Balaban J connectivity index is 1.79. The summed E-state index contributed by atoms with van der Waals surface area (Å²) in [5.41, 5.74) is 1.63. The molecule has 0 radical (unpaired) electrons. The molecule has 0 saturated heterocycles. The third-order valence-corrected chi connectivity index (χ3v) is 5.90. The molecule has 6 nitrogen and oxygen atoms in total. The number of amides is 1. The van der Waals surface area contributed by atoms with Gasteiger partial charge in [0.05, 0.1) is 30.7 Å². The first-order chi connectivity index (χ1) is 16.0. The smallest absolute Gasteiger partial charge is 0.295 e. The Kier molecular flexibility index (Phi) is 5.30. The van der Waals surface area contributed by atoms with E-state index in [2.05, 4.69) is 0 Å². The molecule has 2 heterocycles. The summed E-state index contributed by atoms with van der Waals surface area (Å²) in [6.07, 6.45) is 0. The van der Waals surface area contributed by atoms with Gasteiger partial charge in [-0.25, -0.2) is 0 Å². The molecule has 33 heavy (non-hydrogen) atoms. The first-order valence-corrected chi connectivity index (χ1v) is 10.9. The minimum atomic E-state index is -0.709. The topological polar surface area (TPSA) is 69.0 Å². The van der Waals surface area contributed by atoms with Gasteiger partial charge in [0, 0.05) is 10.7 Å². The number of hydrogen-bond acceptors (Lipinski definition) is 5. The highest BCUT2D eigenvalue weighted by Gasteiger charge is 2.43. The molecule has 0 spiro atoms. The molecular formula is C26H20ClNO5. The van der Waals surface area contributed by atoms with E-state index in [1.165, 1.54) is 0 Å². The van der Waals surface area contributed by atoms with Crippen molar-refractivity contribution in [2.24, 2.45) is 0 Å². The summed E-state index contributed by atoms with van der Waals surface area (Å²) in [5, 5.41) is 0.741. The van der Waals surface area contributed by atoms with E-state index >= 15 is 0 Å². The number of fused-ring (bicyclic) bond motifs is 2. The molecule has 166 valence electrons. The maximum Gasteiger partial charge on any atom is 0.295 e. The summed E-state index contributed by atoms with van der Waals surface area (Å²) in [5.74, 6) is 0.730. The van der Waals surface area contributed by atoms with Gasteiger partial charge in [-0.05, 0) is 55.0 Å². The van der Waals surface area contributed by atoms with E-state index in [4.69, 9.17) is 25.5 Å². The molecule has 0 fully saturated rings. The van der Waals surface area contributed by atoms with Crippen LogP contribution in [0.15, 0.2) is 75.9 Å². The van der Waals surface area contributed by atoms with Crippen molar-refractivity contribution < 1.29 is 18.7 Å². The van der Waals surface area contributed by atoms with Crippen molar-refractivity contribution in [1.82, 2.24) is 0 Å². The Morgan fingerprint density at radius 2 is 1.79 bits per heavy atom. The maximum absolute atomic E-state index is 13.6. The van der Waals surface area contributed by atoms with Gasteiger partial charge in [0.25, 0.3) is 5.91 Å². The average molecular weight is 462 g/mol. The van der Waals surface area contributed by atoms with E-state index in [9.17, 15) is 9.59 Å². The summed E-state index contributed by atoms with van der Waals surface area (Å²) in [7, 11) is 1.55. The Hall–Kier alpha value is -3.77. The molecule has 0 saturated carbocycles. The van der Waals surface area contributed by atoms with Crippen LogP contribution >= 0.6 is 11.6 Å². The molecule has 5 rings (SSSR count). The van der Waals surface area contributed by atoms with Crippen molar-refractivity contribution in [2.45, 2.75) is 13.0 Å². The summed E-state index contributed by atoms with van der Waals surface area (Å²) in [6, 6.07) is 18.7. The van der Waals surface area contributed by atoms with Crippen LogP contribution in [0.5, 0.6) is 11.5 Å². The monoisotopic (exact) mass is 461 g/mol. The number of benzene rings is 3. The predicted molar refractivity (Wildman–Crippen MR) is 127 cm³/mol. The average Bonchev–Trinajstić information content (AvgIpc) is 3.13. The van der Waals surface area contributed by atoms with Crippen LogP contribution in [-0.4, -0.2) is 19.6 Å². The zero-order valence-corrected chi connectivity index (χ0v) is 18.8. The number of carbonyl (C=O) groups is 1. The Labute approximate surface area is 194 Å². The van der Waals surface area contributed by atoms with Crippen LogP contribution < -0.4 is 19.8 Å². The molecule has 0 bridgehead atoms. The first kappa shape index (κ1) is 21.1. The van der Waals surface area contributed by atoms with Crippen LogP contribution in [0.4, 0.5) is 5.69 Å². The van der Waals surface area contributed by atoms with Gasteiger partial charge in [-0.3, -0.25) is 14.5 Å². The van der Waals surface area contributed by atoms with Gasteiger partial charge in [-0.15, -0.1) is 0 Å². The molecule has 0 N–H and O–H groups in total. The lowest BCUT2D eigenvalue weighted by Gasteiger charge is -2.25. The fourth-order valence-electron chi connectivity index (χ4n) is 4.24. The number of carbonyl (C=O) groups excluding carboxylic acids is 1. The lowest BCUT2D eigenvalue weighted by atomic mass is 9.97. The summed E-state index contributed by atoms with van der Waals surface area (Å²) >= 11 is 6.15. The number of anilines is 1. The van der Waals surface area contributed by atoms with Crippen molar-refractivity contribution in [2.75, 3.05) is 18.6 Å². The highest BCUT2D eigenvalue weighted by molar-refractivity contribution is 6.31. The predicted octanol–water partition coefficient (Wildman–Crippen LogP) is 5.60. The van der Waals surface area contributed by atoms with Gasteiger partial charge in [-0.1, -0.05) is 35.9 Å². The van der Waals surface area contributed by atoms with Crippen molar-refractivity contribution >= 4 is 34.2 Å². The molecule has 7 heteroatoms. The number of rotatable bonds is 5. The van der Waals surface area contributed by atoms with Gasteiger partial charge in [0.2, 0.25) is 5.76 Å². The number of nitrogens with zero attached hydrogens (tertiary/aromatic N) is 1. The van der Waals surface area contributed by atoms with Gasteiger partial charge in [0.15, 0.2) is 16.9 Å². The van der Waals surface area contributed by atoms with Crippen LogP contribution in [0.2, 0.25) is 5.02 Å². The molecule has 0 aliphatic carbocycles. The van der Waals surface area contributed by atoms with Crippen molar-refractivity contribution in [3.8, 4) is 11.5 Å². The normalized spacial score (nSPS) is 15.1. The highest BCUT2D eigenvalue weighted by atomic mass is 35.5. The molecule has 1 aliphatic rings. The summed E-state index contributed by atoms with van der Waals surface area (Å²) in [6.45, 7) is 2.37. The van der Waals surface area contributed by atoms with E-state index < -0.39 is 6.04 Å². The second-order valence-corrected chi connectivity index (χ2v) is 8.01. The Morgan fingerprint density at radius 3 is 2.52 bits per heavy atom. The van der Waals surface area contributed by atoms with Crippen molar-refractivity contribution in [3.05, 3.63) is 98.9 Å². The number of ether oxygens (including phenoxy) is 2. The Bertz CT molecular complexity index is 1430. The maximum atomic E-state index is 13.6. The van der Waals surface area contributed by atoms with Gasteiger partial charge in [0.1, 0.15) is 5.58 Å². The molecule has 1 aliphatic heterocycles. The minimum Gasteiger partial charge on any atom is -0.493 e. The second-order valence-electron chi connectivity index (χ2n) is 7.57. The Morgan fingerprint density at radius 1 is 1.00 bits per heavy atom. The number of hydrogen-bond donors (Lipinski definition) is 0. The van der Waals surface area contributed by atoms with Crippen LogP contribution in [0.25, 0.3) is 11.0 Å². The molecule has 4 aromatic rings. The fourth-order valence-corrected chi connectivity index (χ4v) is 4.42. The minimum absolute atomic E-state index is 0.0246. The third-order valence-electron chi connectivity index (χ3n) is 5.67. The number of para-hydroxylation sites is 1. The van der Waals surface area contributed by atoms with Crippen molar-refractivity contribution in [1.29, 1.82) is 0 Å². The molecule has 1 atom stereocenters. The van der Waals surface area contributed by atoms with Gasteiger partial charge < -0.3 is 13.9 Å². The number of methoxy groups -OCH3 is 1. The summed E-state index contributed by atoms with van der Waals surface area (Å²) in [4.78, 5) is 28.8. The van der Waals surface area contributed by atoms with Gasteiger partial charge >= 0.3 is 0 Å². The highest BCUT2D eigenvalue weighted by Crippen LogP contribution is 2.43. The molecule has 1 aromatic heterocycles. The van der Waals surface area contributed by atoms with Crippen LogP contribution in [-0.2, 0) is 0 Å². The largest absolute Gasteiger partial charge is 0.493 e. The van der Waals surface area contributed by atoms with Crippen LogP contribution in [0.3, 0.4) is 0 Å². The van der Waals surface area contributed by atoms with Gasteiger partial charge in [-0.2, -0.15) is 0 Å². The van der Waals surface area contributed by atoms with E-state index in [0.29, 0.717) is 45.3 Å². The lowest BCUT2D eigenvalue weighted by molar-refractivity contribution is 0.0971. The van der Waals surface area contributed by atoms with E-state index in [0.717, 1.165) is 0 Å². The van der Waals surface area contributed by atoms with Crippen molar-refractivity contribution in [3.63, 3.8) is 0 Å². The quantitative estimate of drug-likeness (QED) is 0.386. The lowest BCUT2D eigenvalue weighted by Crippen LogP contribution is -2.29. The standard InChI is InChI=1S/C26H20ClNO5/c1-3-32-20-11-9-15(13-21(20)31-2)23-22-24(29)18-14-16(27)10-12-19(18)33-25(22)26(30)28(23)17-7-5-4-6-8-17/h4-14,23H,3H2,1-2H3. The fraction of sp³-hybridized carbons (Fsp3) is 0.154. The van der Waals surface area contributed by atoms with E-state index in [1.807, 2.05) is 43.3 Å². The third kappa shape index (κ3) is 3.43. The molecule has 1 unspecified atom stereocenters.